The second-order valence-electron chi connectivity index (χ2n) is 6.12. The normalized spacial score (nSPS) is 14.1. The minimum atomic E-state index is 0.0933. The van der Waals surface area contributed by atoms with Crippen LogP contribution in [0.2, 0.25) is 5.02 Å². The number of aromatic nitrogens is 1. The van der Waals surface area contributed by atoms with Crippen LogP contribution in [0.25, 0.3) is 10.9 Å². The van der Waals surface area contributed by atoms with Crippen molar-refractivity contribution >= 4 is 28.4 Å². The van der Waals surface area contributed by atoms with Crippen LogP contribution in [0, 0.1) is 6.92 Å². The van der Waals surface area contributed by atoms with Gasteiger partial charge in [-0.25, -0.2) is 0 Å². The Kier molecular flexibility index (Phi) is 3.38. The van der Waals surface area contributed by atoms with Crippen molar-refractivity contribution in [3.05, 3.63) is 69.9 Å². The Morgan fingerprint density at radius 1 is 1.22 bits per heavy atom. The zero-order valence-corrected chi connectivity index (χ0v) is 13.7. The molecule has 116 valence electrons. The predicted octanol–water partition coefficient (Wildman–Crippen LogP) is 4.33. The first-order valence-electron chi connectivity index (χ1n) is 7.77. The predicted molar refractivity (Wildman–Crippen MR) is 92.9 cm³/mol. The van der Waals surface area contributed by atoms with Crippen LogP contribution in [-0.2, 0) is 13.0 Å². The van der Waals surface area contributed by atoms with E-state index in [1.54, 1.807) is 0 Å². The number of hydrogen-bond donors (Lipinski definition) is 1. The van der Waals surface area contributed by atoms with E-state index in [1.807, 2.05) is 54.3 Å². The number of hydrogen-bond acceptors (Lipinski definition) is 1. The number of nitrogens with zero attached hydrogens (tertiary/aromatic N) is 1. The van der Waals surface area contributed by atoms with Gasteiger partial charge >= 0.3 is 0 Å². The highest BCUT2D eigenvalue weighted by molar-refractivity contribution is 6.31. The van der Waals surface area contributed by atoms with Crippen molar-refractivity contribution in [2.45, 2.75) is 19.9 Å². The number of fused-ring (bicyclic) bond motifs is 3. The van der Waals surface area contributed by atoms with E-state index in [0.29, 0.717) is 6.54 Å². The summed E-state index contributed by atoms with van der Waals surface area (Å²) >= 11 is 6.14. The molecule has 0 saturated heterocycles. The molecule has 0 spiro atoms. The number of aryl methyl sites for hydroxylation is 1. The molecule has 1 N–H and O–H groups in total. The molecule has 1 amide bonds. The number of carbonyl (C=O) groups is 1. The number of benzene rings is 2. The fourth-order valence-electron chi connectivity index (χ4n) is 3.32. The van der Waals surface area contributed by atoms with Crippen molar-refractivity contribution in [3.8, 4) is 0 Å². The Balaban J connectivity index is 1.69. The summed E-state index contributed by atoms with van der Waals surface area (Å²) in [6, 6.07) is 13.6. The molecule has 0 atom stereocenters. The summed E-state index contributed by atoms with van der Waals surface area (Å²) in [6.45, 7) is 3.37. The highest BCUT2D eigenvalue weighted by atomic mass is 35.5. The average Bonchev–Trinajstić information content (AvgIpc) is 2.91. The molecular weight excluding hydrogens is 308 g/mol. The zero-order valence-electron chi connectivity index (χ0n) is 12.9. The van der Waals surface area contributed by atoms with Crippen LogP contribution in [0.1, 0.15) is 27.2 Å². The molecule has 0 bridgehead atoms. The zero-order chi connectivity index (χ0) is 16.0. The topological polar surface area (TPSA) is 36.1 Å². The largest absolute Gasteiger partial charge is 0.358 e. The lowest BCUT2D eigenvalue weighted by Gasteiger charge is -2.27. The molecule has 1 aliphatic rings. The van der Waals surface area contributed by atoms with Crippen LogP contribution in [0.5, 0.6) is 0 Å². The van der Waals surface area contributed by atoms with Gasteiger partial charge in [-0.2, -0.15) is 0 Å². The van der Waals surface area contributed by atoms with Crippen molar-refractivity contribution in [2.24, 2.45) is 0 Å². The molecule has 3 aromatic rings. The van der Waals surface area contributed by atoms with Crippen molar-refractivity contribution in [1.82, 2.24) is 9.88 Å². The van der Waals surface area contributed by atoms with Crippen LogP contribution < -0.4 is 0 Å². The van der Waals surface area contributed by atoms with Crippen LogP contribution in [0.4, 0.5) is 0 Å². The minimum absolute atomic E-state index is 0.0933. The minimum Gasteiger partial charge on any atom is -0.358 e. The number of amides is 1. The van der Waals surface area contributed by atoms with E-state index >= 15 is 0 Å². The van der Waals surface area contributed by atoms with Crippen LogP contribution in [-0.4, -0.2) is 22.3 Å². The standard InChI is InChI=1S/C19H17ClN2O/c1-12-3-2-4-13(9-12)19(23)22-8-7-18-16(11-22)15-10-14(20)5-6-17(15)21-18/h2-6,9-10,21H,7-8,11H2,1H3. The Morgan fingerprint density at radius 3 is 2.91 bits per heavy atom. The molecule has 0 fully saturated rings. The Labute approximate surface area is 139 Å². The molecular formula is C19H17ClN2O. The summed E-state index contributed by atoms with van der Waals surface area (Å²) in [7, 11) is 0. The summed E-state index contributed by atoms with van der Waals surface area (Å²) in [5, 5.41) is 1.84. The number of halogens is 1. The van der Waals surface area contributed by atoms with Crippen LogP contribution in [0.15, 0.2) is 42.5 Å². The lowest BCUT2D eigenvalue weighted by Crippen LogP contribution is -2.35. The molecule has 4 rings (SSSR count). The lowest BCUT2D eigenvalue weighted by atomic mass is 10.0. The highest BCUT2D eigenvalue weighted by Gasteiger charge is 2.24. The van der Waals surface area contributed by atoms with Gasteiger partial charge in [-0.15, -0.1) is 0 Å². The second kappa shape index (κ2) is 5.43. The van der Waals surface area contributed by atoms with Crippen molar-refractivity contribution in [1.29, 1.82) is 0 Å². The summed E-state index contributed by atoms with van der Waals surface area (Å²) in [5.74, 6) is 0.0933. The highest BCUT2D eigenvalue weighted by Crippen LogP contribution is 2.30. The maximum atomic E-state index is 12.8. The lowest BCUT2D eigenvalue weighted by molar-refractivity contribution is 0.0735. The SMILES string of the molecule is Cc1cccc(C(=O)N2CCc3[nH]c4ccc(Cl)cc4c3C2)c1. The molecule has 3 nitrogen and oxygen atoms in total. The molecule has 0 unspecified atom stereocenters. The van der Waals surface area contributed by atoms with Gasteiger partial charge in [0, 0.05) is 52.3 Å². The molecule has 4 heteroatoms. The van der Waals surface area contributed by atoms with Crippen LogP contribution in [0.3, 0.4) is 0 Å². The third-order valence-electron chi connectivity index (χ3n) is 4.49. The number of aromatic amines is 1. The maximum Gasteiger partial charge on any atom is 0.254 e. The van der Waals surface area contributed by atoms with E-state index in [4.69, 9.17) is 11.6 Å². The van der Waals surface area contributed by atoms with Gasteiger partial charge in [-0.1, -0.05) is 29.3 Å². The van der Waals surface area contributed by atoms with E-state index in [9.17, 15) is 4.79 Å². The fraction of sp³-hybridized carbons (Fsp3) is 0.211. The molecule has 0 saturated carbocycles. The smallest absolute Gasteiger partial charge is 0.254 e. The van der Waals surface area contributed by atoms with Crippen molar-refractivity contribution in [3.63, 3.8) is 0 Å². The molecule has 1 aliphatic heterocycles. The maximum absolute atomic E-state index is 12.8. The summed E-state index contributed by atoms with van der Waals surface area (Å²) < 4.78 is 0. The Morgan fingerprint density at radius 2 is 2.09 bits per heavy atom. The summed E-state index contributed by atoms with van der Waals surface area (Å²) in [4.78, 5) is 18.2. The summed E-state index contributed by atoms with van der Waals surface area (Å²) in [6.07, 6.45) is 0.846. The van der Waals surface area contributed by atoms with Gasteiger partial charge < -0.3 is 9.88 Å². The third-order valence-corrected chi connectivity index (χ3v) is 4.72. The summed E-state index contributed by atoms with van der Waals surface area (Å²) in [5.41, 5.74) is 5.35. The number of carbonyl (C=O) groups excluding carboxylic acids is 1. The monoisotopic (exact) mass is 324 g/mol. The van der Waals surface area contributed by atoms with E-state index in [2.05, 4.69) is 4.98 Å². The quantitative estimate of drug-likeness (QED) is 0.710. The Bertz CT molecular complexity index is 913. The van der Waals surface area contributed by atoms with Gasteiger partial charge in [0.15, 0.2) is 0 Å². The molecule has 0 aliphatic carbocycles. The molecule has 2 heterocycles. The van der Waals surface area contributed by atoms with E-state index < -0.39 is 0 Å². The van der Waals surface area contributed by atoms with Gasteiger partial charge in [-0.05, 0) is 37.3 Å². The molecule has 23 heavy (non-hydrogen) atoms. The Hall–Kier alpha value is -2.26. The van der Waals surface area contributed by atoms with E-state index in [-0.39, 0.29) is 5.91 Å². The molecule has 0 radical (unpaired) electrons. The van der Waals surface area contributed by atoms with Gasteiger partial charge in [0.05, 0.1) is 0 Å². The van der Waals surface area contributed by atoms with Crippen LogP contribution >= 0.6 is 11.6 Å². The van der Waals surface area contributed by atoms with Gasteiger partial charge in [0.1, 0.15) is 0 Å². The first-order chi connectivity index (χ1) is 11.1. The molecule has 1 aromatic heterocycles. The number of H-pyrrole nitrogens is 1. The third kappa shape index (κ3) is 2.51. The fourth-order valence-corrected chi connectivity index (χ4v) is 3.49. The van der Waals surface area contributed by atoms with Gasteiger partial charge in [-0.3, -0.25) is 4.79 Å². The van der Waals surface area contributed by atoms with Gasteiger partial charge in [0.25, 0.3) is 5.91 Å². The first-order valence-corrected chi connectivity index (χ1v) is 8.14. The van der Waals surface area contributed by atoms with E-state index in [0.717, 1.165) is 40.0 Å². The molecule has 2 aromatic carbocycles. The average molecular weight is 325 g/mol. The number of nitrogens with one attached hydrogen (secondary N) is 1. The van der Waals surface area contributed by atoms with Crippen molar-refractivity contribution in [2.75, 3.05) is 6.54 Å². The van der Waals surface area contributed by atoms with Gasteiger partial charge in [0.2, 0.25) is 0 Å². The number of rotatable bonds is 1. The van der Waals surface area contributed by atoms with Crippen molar-refractivity contribution < 1.29 is 4.79 Å². The van der Waals surface area contributed by atoms with E-state index in [1.165, 1.54) is 11.3 Å². The second-order valence-corrected chi connectivity index (χ2v) is 6.55. The first kappa shape index (κ1) is 14.3.